The van der Waals surface area contributed by atoms with Crippen LogP contribution in [-0.2, 0) is 11.3 Å². The van der Waals surface area contributed by atoms with Gasteiger partial charge in [0.1, 0.15) is 12.9 Å². The molecule has 0 fully saturated rings. The molecular formula is C8H16N6O. The summed E-state index contributed by atoms with van der Waals surface area (Å²) in [5.74, 6) is 0.180. The van der Waals surface area contributed by atoms with Crippen molar-refractivity contribution in [3.8, 4) is 0 Å². The van der Waals surface area contributed by atoms with Crippen molar-refractivity contribution < 1.29 is 4.79 Å². The first-order valence-electron chi connectivity index (χ1n) is 4.83. The van der Waals surface area contributed by atoms with E-state index >= 15 is 0 Å². The highest BCUT2D eigenvalue weighted by Crippen LogP contribution is 1.99. The normalized spacial score (nSPS) is 12.8. The molecule has 15 heavy (non-hydrogen) atoms. The van der Waals surface area contributed by atoms with Gasteiger partial charge in [-0.3, -0.25) is 4.79 Å². The molecular weight excluding hydrogens is 196 g/mol. The van der Waals surface area contributed by atoms with Crippen LogP contribution in [0, 0.1) is 5.92 Å². The van der Waals surface area contributed by atoms with E-state index in [9.17, 15) is 4.79 Å². The van der Waals surface area contributed by atoms with Crippen molar-refractivity contribution in [3.63, 3.8) is 0 Å². The van der Waals surface area contributed by atoms with E-state index in [0.29, 0.717) is 12.5 Å². The summed E-state index contributed by atoms with van der Waals surface area (Å²) in [4.78, 5) is 11.5. The van der Waals surface area contributed by atoms with Crippen molar-refractivity contribution in [3.05, 3.63) is 6.33 Å². The predicted octanol–water partition coefficient (Wildman–Crippen LogP) is -1.23. The Kier molecular flexibility index (Phi) is 4.17. The van der Waals surface area contributed by atoms with Crippen molar-refractivity contribution in [2.75, 3.05) is 6.54 Å². The summed E-state index contributed by atoms with van der Waals surface area (Å²) in [5, 5.41) is 13.3. The number of nitrogens with two attached hydrogens (primary N) is 1. The SMILES string of the molecule is CC(C)C(CN)NC(=O)Cn1cnnn1. The Morgan fingerprint density at radius 1 is 1.60 bits per heavy atom. The number of carbonyl (C=O) groups is 1. The van der Waals surface area contributed by atoms with Gasteiger partial charge in [0, 0.05) is 12.6 Å². The summed E-state index contributed by atoms with van der Waals surface area (Å²) in [7, 11) is 0. The molecule has 1 unspecified atom stereocenters. The topological polar surface area (TPSA) is 98.7 Å². The second-order valence-corrected chi connectivity index (χ2v) is 3.66. The molecule has 7 nitrogen and oxygen atoms in total. The maximum absolute atomic E-state index is 11.5. The summed E-state index contributed by atoms with van der Waals surface area (Å²) in [6.07, 6.45) is 1.40. The van der Waals surface area contributed by atoms with E-state index in [1.165, 1.54) is 11.0 Å². The summed E-state index contributed by atoms with van der Waals surface area (Å²) in [6.45, 7) is 4.57. The average Bonchev–Trinajstić information content (AvgIpc) is 2.66. The van der Waals surface area contributed by atoms with E-state index in [1.54, 1.807) is 0 Å². The predicted molar refractivity (Wildman–Crippen MR) is 53.6 cm³/mol. The van der Waals surface area contributed by atoms with E-state index in [4.69, 9.17) is 5.73 Å². The number of hydrogen-bond acceptors (Lipinski definition) is 5. The van der Waals surface area contributed by atoms with Gasteiger partial charge in [-0.25, -0.2) is 4.68 Å². The molecule has 1 atom stereocenters. The van der Waals surface area contributed by atoms with Gasteiger partial charge in [0.05, 0.1) is 0 Å². The van der Waals surface area contributed by atoms with Gasteiger partial charge < -0.3 is 11.1 Å². The molecule has 1 aromatic heterocycles. The van der Waals surface area contributed by atoms with Gasteiger partial charge >= 0.3 is 0 Å². The maximum Gasteiger partial charge on any atom is 0.242 e. The minimum atomic E-state index is -0.133. The molecule has 0 spiro atoms. The molecule has 0 saturated heterocycles. The summed E-state index contributed by atoms with van der Waals surface area (Å²) >= 11 is 0. The van der Waals surface area contributed by atoms with E-state index in [2.05, 4.69) is 20.8 Å². The summed E-state index contributed by atoms with van der Waals surface area (Å²) in [6, 6.07) is -0.00557. The van der Waals surface area contributed by atoms with Crippen LogP contribution < -0.4 is 11.1 Å². The van der Waals surface area contributed by atoms with Gasteiger partial charge in [-0.2, -0.15) is 0 Å². The fraction of sp³-hybridized carbons (Fsp3) is 0.750. The summed E-state index contributed by atoms with van der Waals surface area (Å²) < 4.78 is 1.36. The zero-order chi connectivity index (χ0) is 11.3. The molecule has 1 heterocycles. The van der Waals surface area contributed by atoms with Crippen molar-refractivity contribution >= 4 is 5.91 Å². The lowest BCUT2D eigenvalue weighted by atomic mass is 10.1. The molecule has 0 aliphatic carbocycles. The van der Waals surface area contributed by atoms with E-state index in [0.717, 1.165) is 0 Å². The fourth-order valence-electron chi connectivity index (χ4n) is 1.15. The Bertz CT molecular complexity index is 296. The number of hydrogen-bond donors (Lipinski definition) is 2. The van der Waals surface area contributed by atoms with Gasteiger partial charge in [-0.15, -0.1) is 5.10 Å². The maximum atomic E-state index is 11.5. The Morgan fingerprint density at radius 2 is 2.33 bits per heavy atom. The standard InChI is InChI=1S/C8H16N6O/c1-6(2)7(3-9)11-8(15)4-14-5-10-12-13-14/h5-7H,3-4,9H2,1-2H3,(H,11,15). The van der Waals surface area contributed by atoms with Crippen LogP contribution in [0.4, 0.5) is 0 Å². The highest BCUT2D eigenvalue weighted by Gasteiger charge is 2.14. The van der Waals surface area contributed by atoms with Crippen molar-refractivity contribution in [2.24, 2.45) is 11.7 Å². The van der Waals surface area contributed by atoms with Crippen molar-refractivity contribution in [1.29, 1.82) is 0 Å². The van der Waals surface area contributed by atoms with Crippen LogP contribution in [0.2, 0.25) is 0 Å². The first kappa shape index (κ1) is 11.6. The third kappa shape index (κ3) is 3.62. The zero-order valence-corrected chi connectivity index (χ0v) is 8.92. The smallest absolute Gasteiger partial charge is 0.242 e. The lowest BCUT2D eigenvalue weighted by Gasteiger charge is -2.20. The number of carbonyl (C=O) groups excluding carboxylic acids is 1. The average molecular weight is 212 g/mol. The molecule has 1 amide bonds. The minimum absolute atomic E-state index is 0.00557. The Hall–Kier alpha value is -1.50. The van der Waals surface area contributed by atoms with Crippen LogP contribution >= 0.6 is 0 Å². The molecule has 0 radical (unpaired) electrons. The van der Waals surface area contributed by atoms with Crippen LogP contribution in [0.15, 0.2) is 6.33 Å². The van der Waals surface area contributed by atoms with Gasteiger partial charge in [0.15, 0.2) is 0 Å². The molecule has 1 aromatic rings. The van der Waals surface area contributed by atoms with Crippen LogP contribution in [0.5, 0.6) is 0 Å². The largest absolute Gasteiger partial charge is 0.350 e. The molecule has 7 heteroatoms. The van der Waals surface area contributed by atoms with Crippen molar-refractivity contribution in [1.82, 2.24) is 25.5 Å². The Balaban J connectivity index is 2.41. The number of rotatable bonds is 5. The lowest BCUT2D eigenvalue weighted by Crippen LogP contribution is -2.44. The highest BCUT2D eigenvalue weighted by molar-refractivity contribution is 5.75. The van der Waals surface area contributed by atoms with Crippen LogP contribution in [-0.4, -0.2) is 38.7 Å². The Morgan fingerprint density at radius 3 is 2.80 bits per heavy atom. The summed E-state index contributed by atoms with van der Waals surface area (Å²) in [5.41, 5.74) is 5.53. The number of aromatic nitrogens is 4. The fourth-order valence-corrected chi connectivity index (χ4v) is 1.15. The molecule has 0 aliphatic heterocycles. The monoisotopic (exact) mass is 212 g/mol. The Labute approximate surface area is 88.0 Å². The van der Waals surface area contributed by atoms with Crippen LogP contribution in [0.25, 0.3) is 0 Å². The van der Waals surface area contributed by atoms with Gasteiger partial charge in [0.25, 0.3) is 0 Å². The van der Waals surface area contributed by atoms with Crippen LogP contribution in [0.3, 0.4) is 0 Å². The number of tetrazole rings is 1. The van der Waals surface area contributed by atoms with E-state index < -0.39 is 0 Å². The number of nitrogens with zero attached hydrogens (tertiary/aromatic N) is 4. The van der Waals surface area contributed by atoms with E-state index in [-0.39, 0.29) is 18.5 Å². The zero-order valence-electron chi connectivity index (χ0n) is 8.92. The van der Waals surface area contributed by atoms with E-state index in [1.807, 2.05) is 13.8 Å². The molecule has 0 aromatic carbocycles. The number of amides is 1. The number of nitrogens with one attached hydrogen (secondary N) is 1. The second kappa shape index (κ2) is 5.40. The van der Waals surface area contributed by atoms with Gasteiger partial charge in [-0.05, 0) is 16.3 Å². The molecule has 0 bridgehead atoms. The lowest BCUT2D eigenvalue weighted by molar-refractivity contribution is -0.122. The van der Waals surface area contributed by atoms with Crippen molar-refractivity contribution in [2.45, 2.75) is 26.4 Å². The molecule has 0 saturated carbocycles. The molecule has 1 rings (SSSR count). The van der Waals surface area contributed by atoms with Gasteiger partial charge in [-0.1, -0.05) is 13.8 Å². The highest BCUT2D eigenvalue weighted by atomic mass is 16.2. The third-order valence-electron chi connectivity index (χ3n) is 2.10. The molecule has 0 aliphatic rings. The second-order valence-electron chi connectivity index (χ2n) is 3.66. The first-order chi connectivity index (χ1) is 7.13. The molecule has 3 N–H and O–H groups in total. The van der Waals surface area contributed by atoms with Gasteiger partial charge in [0.2, 0.25) is 5.91 Å². The third-order valence-corrected chi connectivity index (χ3v) is 2.10. The quantitative estimate of drug-likeness (QED) is 0.637. The molecule has 84 valence electrons. The minimum Gasteiger partial charge on any atom is -0.350 e. The van der Waals surface area contributed by atoms with Crippen LogP contribution in [0.1, 0.15) is 13.8 Å². The first-order valence-corrected chi connectivity index (χ1v) is 4.83.